The predicted octanol–water partition coefficient (Wildman–Crippen LogP) is 2.78. The summed E-state index contributed by atoms with van der Waals surface area (Å²) in [5.41, 5.74) is 3.21. The first-order valence-corrected chi connectivity index (χ1v) is 11.0. The van der Waals surface area contributed by atoms with Gasteiger partial charge < -0.3 is 15.1 Å². The van der Waals surface area contributed by atoms with E-state index in [1.165, 1.54) is 17.8 Å². The van der Waals surface area contributed by atoms with Crippen molar-refractivity contribution in [3.8, 4) is 11.3 Å². The van der Waals surface area contributed by atoms with Crippen molar-refractivity contribution >= 4 is 51.6 Å². The zero-order valence-corrected chi connectivity index (χ0v) is 18.3. The number of amides is 1. The van der Waals surface area contributed by atoms with Crippen LogP contribution in [0.4, 0.5) is 10.1 Å². The molecule has 10 heteroatoms. The summed E-state index contributed by atoms with van der Waals surface area (Å²) in [5.74, 6) is -0.493. The molecule has 2 saturated heterocycles. The number of fused-ring (bicyclic) bond motifs is 1. The number of hydrogen-bond donors (Lipinski definition) is 1. The number of nitrogens with zero attached hydrogens (tertiary/aromatic N) is 5. The molecular weight excluding hydrogens is 435 g/mol. The summed E-state index contributed by atoms with van der Waals surface area (Å²) in [4.78, 5) is 21.1. The van der Waals surface area contributed by atoms with Gasteiger partial charge in [-0.2, -0.15) is 5.10 Å². The van der Waals surface area contributed by atoms with Crippen LogP contribution in [0.2, 0.25) is 0 Å². The average Bonchev–Trinajstić information content (AvgIpc) is 3.31. The van der Waals surface area contributed by atoms with E-state index in [1.54, 1.807) is 22.9 Å². The number of nitrogens with one attached hydrogen (secondary N) is 1. The summed E-state index contributed by atoms with van der Waals surface area (Å²) in [6, 6.07) is 8.84. The number of carbonyl (C=O) groups excluding carboxylic acids is 1. The van der Waals surface area contributed by atoms with Crippen molar-refractivity contribution in [1.29, 1.82) is 0 Å². The SMILES string of the molecule is CN1CCN(c2ccc(-c3cnc4ccc(/C=C5\SC(=S)NC5=O)nn34)cc2F)CC1. The van der Waals surface area contributed by atoms with E-state index in [9.17, 15) is 9.18 Å². The highest BCUT2D eigenvalue weighted by Gasteiger charge is 2.22. The third kappa shape index (κ3) is 3.93. The second kappa shape index (κ2) is 8.03. The first-order chi connectivity index (χ1) is 15.0. The number of anilines is 1. The molecule has 0 bridgehead atoms. The minimum Gasteiger partial charge on any atom is -0.367 e. The van der Waals surface area contributed by atoms with Crippen molar-refractivity contribution in [2.24, 2.45) is 0 Å². The maximum Gasteiger partial charge on any atom is 0.263 e. The van der Waals surface area contributed by atoms with Gasteiger partial charge in [-0.15, -0.1) is 0 Å². The van der Waals surface area contributed by atoms with E-state index in [4.69, 9.17) is 12.2 Å². The van der Waals surface area contributed by atoms with Gasteiger partial charge in [0.25, 0.3) is 5.91 Å². The van der Waals surface area contributed by atoms with Crippen molar-refractivity contribution in [2.75, 3.05) is 38.1 Å². The highest BCUT2D eigenvalue weighted by atomic mass is 32.2. The molecule has 7 nitrogen and oxygen atoms in total. The average molecular weight is 455 g/mol. The largest absolute Gasteiger partial charge is 0.367 e. The Morgan fingerprint density at radius 3 is 2.71 bits per heavy atom. The number of carbonyl (C=O) groups is 1. The lowest BCUT2D eigenvalue weighted by molar-refractivity contribution is -0.115. The van der Waals surface area contributed by atoms with Gasteiger partial charge >= 0.3 is 0 Å². The van der Waals surface area contributed by atoms with Crippen molar-refractivity contribution in [3.05, 3.63) is 52.9 Å². The lowest BCUT2D eigenvalue weighted by Gasteiger charge is -2.34. The monoisotopic (exact) mass is 454 g/mol. The lowest BCUT2D eigenvalue weighted by Crippen LogP contribution is -2.44. The number of imidazole rings is 1. The number of rotatable bonds is 3. The van der Waals surface area contributed by atoms with Crippen LogP contribution in [0, 0.1) is 5.82 Å². The molecule has 2 fully saturated rings. The molecule has 0 radical (unpaired) electrons. The summed E-state index contributed by atoms with van der Waals surface area (Å²) in [7, 11) is 2.07. The van der Waals surface area contributed by atoms with Gasteiger partial charge in [0, 0.05) is 31.7 Å². The minimum absolute atomic E-state index is 0.232. The number of thiocarbonyl (C=S) groups is 1. The van der Waals surface area contributed by atoms with Crippen LogP contribution < -0.4 is 10.2 Å². The molecule has 5 rings (SSSR count). The van der Waals surface area contributed by atoms with Gasteiger partial charge in [0.15, 0.2) is 5.65 Å². The van der Waals surface area contributed by atoms with Gasteiger partial charge in [-0.1, -0.05) is 30.0 Å². The Balaban J connectivity index is 1.47. The molecule has 0 saturated carbocycles. The first-order valence-electron chi connectivity index (χ1n) is 9.81. The number of likely N-dealkylation sites (N-methyl/N-ethyl adjacent to an activating group) is 1. The van der Waals surface area contributed by atoms with E-state index in [2.05, 4.69) is 32.2 Å². The molecular formula is C21H19FN6OS2. The number of piperazine rings is 1. The van der Waals surface area contributed by atoms with Crippen molar-refractivity contribution < 1.29 is 9.18 Å². The fraction of sp³-hybridized carbons (Fsp3) is 0.238. The number of thioether (sulfide) groups is 1. The summed E-state index contributed by atoms with van der Waals surface area (Å²) in [5, 5.41) is 7.18. The van der Waals surface area contributed by atoms with E-state index in [0.29, 0.717) is 37.5 Å². The zero-order valence-electron chi connectivity index (χ0n) is 16.7. The third-order valence-corrected chi connectivity index (χ3v) is 6.55. The standard InChI is InChI=1S/C21H19FN6OS2/c1-26-6-8-27(9-7-26)16-4-2-13(10-15(16)22)17-12-23-19-5-3-14(25-28(17)19)11-18-20(29)24-21(30)31-18/h2-5,10-12H,6-9H2,1H3,(H,24,29,30)/b18-11-. The molecule has 0 atom stereocenters. The Morgan fingerprint density at radius 1 is 1.19 bits per heavy atom. The maximum absolute atomic E-state index is 15.0. The number of halogens is 1. The molecule has 0 aliphatic carbocycles. The second-order valence-corrected chi connectivity index (χ2v) is 9.20. The topological polar surface area (TPSA) is 65.8 Å². The Morgan fingerprint density at radius 2 is 2.00 bits per heavy atom. The van der Waals surface area contributed by atoms with Crippen LogP contribution in [0.1, 0.15) is 5.69 Å². The summed E-state index contributed by atoms with van der Waals surface area (Å²) >= 11 is 6.23. The van der Waals surface area contributed by atoms with Gasteiger partial charge in [0.1, 0.15) is 10.1 Å². The van der Waals surface area contributed by atoms with Crippen molar-refractivity contribution in [3.63, 3.8) is 0 Å². The summed E-state index contributed by atoms with van der Waals surface area (Å²) in [6.45, 7) is 3.43. The Kier molecular flexibility index (Phi) is 5.20. The third-order valence-electron chi connectivity index (χ3n) is 5.39. The quantitative estimate of drug-likeness (QED) is 0.482. The smallest absolute Gasteiger partial charge is 0.263 e. The second-order valence-electron chi connectivity index (χ2n) is 7.48. The number of benzene rings is 1. The predicted molar refractivity (Wildman–Crippen MR) is 124 cm³/mol. The highest BCUT2D eigenvalue weighted by Crippen LogP contribution is 2.29. The minimum atomic E-state index is -0.261. The highest BCUT2D eigenvalue weighted by molar-refractivity contribution is 8.26. The molecule has 1 N–H and O–H groups in total. The normalized spacial score (nSPS) is 18.9. The Bertz CT molecular complexity index is 1230. The first kappa shape index (κ1) is 20.1. The molecule has 1 aromatic carbocycles. The number of aromatic nitrogens is 3. The molecule has 0 spiro atoms. The molecule has 158 valence electrons. The van der Waals surface area contributed by atoms with Crippen LogP contribution in [-0.2, 0) is 4.79 Å². The molecule has 2 aromatic heterocycles. The van der Waals surface area contributed by atoms with Gasteiger partial charge in [-0.3, -0.25) is 4.79 Å². The Hall–Kier alpha value is -2.82. The van der Waals surface area contributed by atoms with E-state index in [1.807, 2.05) is 18.2 Å². The van der Waals surface area contributed by atoms with Gasteiger partial charge in [0.05, 0.1) is 28.2 Å². The van der Waals surface area contributed by atoms with Crippen LogP contribution in [0.15, 0.2) is 41.4 Å². The molecule has 2 aliphatic rings. The number of hydrogen-bond acceptors (Lipinski definition) is 7. The van der Waals surface area contributed by atoms with E-state index in [-0.39, 0.29) is 11.7 Å². The summed E-state index contributed by atoms with van der Waals surface area (Å²) < 4.78 is 17.1. The molecule has 1 amide bonds. The van der Waals surface area contributed by atoms with Crippen LogP contribution in [0.5, 0.6) is 0 Å². The molecule has 4 heterocycles. The van der Waals surface area contributed by atoms with Crippen LogP contribution in [-0.4, -0.2) is 63.0 Å². The van der Waals surface area contributed by atoms with Gasteiger partial charge in [0.2, 0.25) is 0 Å². The van der Waals surface area contributed by atoms with Crippen LogP contribution in [0.3, 0.4) is 0 Å². The maximum atomic E-state index is 15.0. The zero-order chi connectivity index (χ0) is 21.5. The lowest BCUT2D eigenvalue weighted by atomic mass is 10.1. The molecule has 3 aromatic rings. The molecule has 31 heavy (non-hydrogen) atoms. The fourth-order valence-electron chi connectivity index (χ4n) is 3.69. The summed E-state index contributed by atoms with van der Waals surface area (Å²) in [6.07, 6.45) is 3.36. The van der Waals surface area contributed by atoms with E-state index < -0.39 is 0 Å². The van der Waals surface area contributed by atoms with Gasteiger partial charge in [-0.25, -0.2) is 13.9 Å². The van der Waals surface area contributed by atoms with Gasteiger partial charge in [-0.05, 0) is 37.4 Å². The van der Waals surface area contributed by atoms with Crippen molar-refractivity contribution in [2.45, 2.75) is 0 Å². The van der Waals surface area contributed by atoms with E-state index >= 15 is 0 Å². The molecule has 2 aliphatic heterocycles. The molecule has 0 unspecified atom stereocenters. The van der Waals surface area contributed by atoms with Crippen LogP contribution in [0.25, 0.3) is 23.0 Å². The van der Waals surface area contributed by atoms with Crippen molar-refractivity contribution in [1.82, 2.24) is 24.8 Å². The van der Waals surface area contributed by atoms with Crippen LogP contribution >= 0.6 is 24.0 Å². The van der Waals surface area contributed by atoms with E-state index in [0.717, 1.165) is 26.2 Å². The Labute approximate surface area is 187 Å². The fourth-order valence-corrected chi connectivity index (χ4v) is 4.72.